The molecule has 1 aliphatic heterocycles. The number of hydrogen-bond donors (Lipinski definition) is 2. The van der Waals surface area contributed by atoms with Crippen LogP contribution in [0, 0.1) is 0 Å². The van der Waals surface area contributed by atoms with E-state index in [9.17, 15) is 18.0 Å². The first kappa shape index (κ1) is 30.8. The predicted molar refractivity (Wildman–Crippen MR) is 166 cm³/mol. The lowest BCUT2D eigenvalue weighted by Gasteiger charge is -2.32. The van der Waals surface area contributed by atoms with Crippen molar-refractivity contribution in [2.24, 2.45) is 0 Å². The second-order valence-corrected chi connectivity index (χ2v) is 12.1. The van der Waals surface area contributed by atoms with Crippen LogP contribution in [0.4, 0.5) is 0 Å². The van der Waals surface area contributed by atoms with Gasteiger partial charge in [0.1, 0.15) is 6.04 Å². The van der Waals surface area contributed by atoms with Crippen molar-refractivity contribution in [2.45, 2.75) is 43.8 Å². The Bertz CT molecular complexity index is 1680. The number of amides is 2. The summed E-state index contributed by atoms with van der Waals surface area (Å²) in [5.41, 5.74) is 3.24. The van der Waals surface area contributed by atoms with Crippen LogP contribution >= 0.6 is 0 Å². The van der Waals surface area contributed by atoms with Crippen LogP contribution in [0.15, 0.2) is 108 Å². The molecule has 1 atom stereocenters. The number of nitrogens with one attached hydrogen (secondary N) is 2. The fraction of sp³-hybridized carbons (Fsp3) is 0.235. The van der Waals surface area contributed by atoms with Crippen LogP contribution in [-0.2, 0) is 39.1 Å². The smallest absolute Gasteiger partial charge is 0.247 e. The molecule has 0 fully saturated rings. The highest BCUT2D eigenvalue weighted by atomic mass is 32.2. The lowest BCUT2D eigenvalue weighted by atomic mass is 10.0. The van der Waals surface area contributed by atoms with E-state index in [-0.39, 0.29) is 43.0 Å². The van der Waals surface area contributed by atoms with E-state index in [1.165, 1.54) is 12.1 Å². The first-order valence-corrected chi connectivity index (χ1v) is 16.0. The summed E-state index contributed by atoms with van der Waals surface area (Å²) in [6, 6.07) is 30.0. The van der Waals surface area contributed by atoms with E-state index in [1.807, 2.05) is 78.9 Å². The van der Waals surface area contributed by atoms with Gasteiger partial charge in [0, 0.05) is 26.1 Å². The van der Waals surface area contributed by atoms with E-state index < -0.39 is 16.1 Å². The van der Waals surface area contributed by atoms with E-state index in [4.69, 9.17) is 9.47 Å². The summed E-state index contributed by atoms with van der Waals surface area (Å²) in [7, 11) is -3.57. The maximum absolute atomic E-state index is 14.0. The molecule has 0 saturated carbocycles. The first-order valence-electron chi connectivity index (χ1n) is 14.5. The molecule has 10 heteroatoms. The summed E-state index contributed by atoms with van der Waals surface area (Å²) in [4.78, 5) is 29.7. The van der Waals surface area contributed by atoms with Gasteiger partial charge in [0.15, 0.2) is 11.5 Å². The molecular formula is C34H35N3O6S. The van der Waals surface area contributed by atoms with Gasteiger partial charge in [-0.2, -0.15) is 0 Å². The average molecular weight is 614 g/mol. The number of ether oxygens (including phenoxy) is 2. The molecule has 2 amide bonds. The molecule has 1 aliphatic rings. The number of fused-ring (bicyclic) bond motifs is 1. The van der Waals surface area contributed by atoms with Crippen molar-refractivity contribution in [1.82, 2.24) is 14.9 Å². The number of hydrogen-bond acceptors (Lipinski definition) is 6. The highest BCUT2D eigenvalue weighted by Gasteiger charge is 2.31. The van der Waals surface area contributed by atoms with Crippen LogP contribution < -0.4 is 19.5 Å². The average Bonchev–Trinajstić information content (AvgIpc) is 3.52. The molecule has 0 spiro atoms. The number of carbonyl (C=O) groups excluding carboxylic acids is 2. The molecule has 0 saturated heterocycles. The van der Waals surface area contributed by atoms with Crippen LogP contribution in [-0.4, -0.2) is 38.5 Å². The lowest BCUT2D eigenvalue weighted by Crippen LogP contribution is -2.43. The van der Waals surface area contributed by atoms with Crippen molar-refractivity contribution in [1.29, 1.82) is 0 Å². The Morgan fingerprint density at radius 2 is 1.48 bits per heavy atom. The van der Waals surface area contributed by atoms with Crippen LogP contribution in [0.3, 0.4) is 0 Å². The number of carbonyl (C=O) groups is 2. The Hall–Kier alpha value is -4.67. The van der Waals surface area contributed by atoms with E-state index in [1.54, 1.807) is 24.0 Å². The van der Waals surface area contributed by atoms with Crippen molar-refractivity contribution in [2.75, 3.05) is 13.3 Å². The Labute approximate surface area is 257 Å². The quantitative estimate of drug-likeness (QED) is 0.225. The first-order chi connectivity index (χ1) is 21.3. The van der Waals surface area contributed by atoms with Gasteiger partial charge in [-0.15, -0.1) is 0 Å². The lowest BCUT2D eigenvalue weighted by molar-refractivity contribution is -0.141. The third-order valence-corrected chi connectivity index (χ3v) is 8.85. The molecule has 4 aromatic carbocycles. The number of sulfonamides is 1. The fourth-order valence-electron chi connectivity index (χ4n) is 5.05. The van der Waals surface area contributed by atoms with E-state index in [0.29, 0.717) is 30.0 Å². The van der Waals surface area contributed by atoms with Gasteiger partial charge in [-0.1, -0.05) is 85.8 Å². The zero-order valence-electron chi connectivity index (χ0n) is 24.4. The molecule has 0 bridgehead atoms. The van der Waals surface area contributed by atoms with Gasteiger partial charge in [-0.3, -0.25) is 9.59 Å². The highest BCUT2D eigenvalue weighted by Crippen LogP contribution is 2.32. The minimum absolute atomic E-state index is 0.130. The second-order valence-electron chi connectivity index (χ2n) is 10.4. The minimum Gasteiger partial charge on any atom is -0.454 e. The van der Waals surface area contributed by atoms with Gasteiger partial charge in [-0.25, -0.2) is 13.1 Å². The number of aryl methyl sites for hydroxylation is 1. The van der Waals surface area contributed by atoms with E-state index in [2.05, 4.69) is 10.0 Å². The van der Waals surface area contributed by atoms with Crippen LogP contribution in [0.5, 0.6) is 11.5 Å². The third kappa shape index (κ3) is 7.64. The van der Waals surface area contributed by atoms with Gasteiger partial charge < -0.3 is 19.7 Å². The molecule has 5 rings (SSSR count). The van der Waals surface area contributed by atoms with Gasteiger partial charge in [0.2, 0.25) is 28.6 Å². The molecule has 2 N–H and O–H groups in total. The van der Waals surface area contributed by atoms with Crippen molar-refractivity contribution in [3.8, 4) is 11.5 Å². The second kappa shape index (κ2) is 14.2. The summed E-state index contributed by atoms with van der Waals surface area (Å²) in [6.07, 6.45) is 0.511. The van der Waals surface area contributed by atoms with Crippen LogP contribution in [0.25, 0.3) is 0 Å². The Morgan fingerprint density at radius 3 is 2.18 bits per heavy atom. The Morgan fingerprint density at radius 1 is 0.818 bits per heavy atom. The number of benzene rings is 4. The van der Waals surface area contributed by atoms with Crippen molar-refractivity contribution < 1.29 is 27.5 Å². The normalized spacial score (nSPS) is 12.8. The topological polar surface area (TPSA) is 114 Å². The maximum Gasteiger partial charge on any atom is 0.247 e. The molecule has 0 aromatic heterocycles. The molecule has 1 heterocycles. The Kier molecular flexibility index (Phi) is 9.93. The summed E-state index contributed by atoms with van der Waals surface area (Å²) < 4.78 is 38.0. The molecule has 1 unspecified atom stereocenters. The van der Waals surface area contributed by atoms with Gasteiger partial charge in [0.05, 0.1) is 4.90 Å². The van der Waals surface area contributed by atoms with Crippen molar-refractivity contribution in [3.05, 3.63) is 125 Å². The molecule has 0 radical (unpaired) electrons. The summed E-state index contributed by atoms with van der Waals surface area (Å²) in [6.45, 7) is 2.66. The molecular weight excluding hydrogens is 578 g/mol. The van der Waals surface area contributed by atoms with Gasteiger partial charge in [-0.05, 0) is 52.9 Å². The molecule has 44 heavy (non-hydrogen) atoms. The Balaban J connectivity index is 1.37. The van der Waals surface area contributed by atoms with E-state index >= 15 is 0 Å². The standard InChI is InChI=1S/C34H35N3O6S/c1-2-36-44(40,41)29-17-13-25(14-18-29)16-20-32(38)37(23-26-9-5-3-6-10-26)33(28-11-7-4-8-12-28)34(39)35-22-27-15-19-30-31(21-27)43-24-42-30/h3-15,17-19,21,33,36H,2,16,20,22-24H2,1H3,(H,35,39). The number of rotatable bonds is 13. The van der Waals surface area contributed by atoms with Crippen LogP contribution in [0.2, 0.25) is 0 Å². The molecule has 0 aliphatic carbocycles. The number of nitrogens with zero attached hydrogens (tertiary/aromatic N) is 1. The van der Waals surface area contributed by atoms with Crippen LogP contribution in [0.1, 0.15) is 41.6 Å². The zero-order valence-corrected chi connectivity index (χ0v) is 25.3. The van der Waals surface area contributed by atoms with Gasteiger partial charge in [0.25, 0.3) is 0 Å². The summed E-state index contributed by atoms with van der Waals surface area (Å²) >= 11 is 0. The minimum atomic E-state index is -3.57. The van der Waals surface area contributed by atoms with Crippen molar-refractivity contribution in [3.63, 3.8) is 0 Å². The fourth-order valence-corrected chi connectivity index (χ4v) is 6.09. The largest absolute Gasteiger partial charge is 0.454 e. The highest BCUT2D eigenvalue weighted by molar-refractivity contribution is 7.89. The maximum atomic E-state index is 14.0. The monoisotopic (exact) mass is 613 g/mol. The third-order valence-electron chi connectivity index (χ3n) is 7.29. The SMILES string of the molecule is CCNS(=O)(=O)c1ccc(CCC(=O)N(Cc2ccccc2)C(C(=O)NCc2ccc3c(c2)OCO3)c2ccccc2)cc1. The van der Waals surface area contributed by atoms with Gasteiger partial charge >= 0.3 is 0 Å². The summed E-state index contributed by atoms with van der Waals surface area (Å²) in [5, 5.41) is 3.02. The summed E-state index contributed by atoms with van der Waals surface area (Å²) in [5.74, 6) is 0.779. The molecule has 228 valence electrons. The molecule has 4 aromatic rings. The molecule has 9 nitrogen and oxygen atoms in total. The zero-order chi connectivity index (χ0) is 30.9. The van der Waals surface area contributed by atoms with E-state index in [0.717, 1.165) is 16.7 Å². The predicted octanol–water partition coefficient (Wildman–Crippen LogP) is 4.73. The van der Waals surface area contributed by atoms with Crippen molar-refractivity contribution >= 4 is 21.8 Å².